The Hall–Kier alpha value is -1.06. The number of hydrogen-bond donors (Lipinski definition) is 1. The van der Waals surface area contributed by atoms with Crippen LogP contribution in [0.25, 0.3) is 0 Å². The SMILES string of the molecule is CCc1ccc(OC)c(COCCC2CCCCN2)c1. The van der Waals surface area contributed by atoms with Crippen LogP contribution in [0.4, 0.5) is 0 Å². The van der Waals surface area contributed by atoms with Gasteiger partial charge in [0.05, 0.1) is 13.7 Å². The summed E-state index contributed by atoms with van der Waals surface area (Å²) in [5.41, 5.74) is 2.49. The second-order valence-corrected chi connectivity index (χ2v) is 5.49. The normalized spacial score (nSPS) is 19.0. The highest BCUT2D eigenvalue weighted by molar-refractivity contribution is 5.36. The summed E-state index contributed by atoms with van der Waals surface area (Å²) >= 11 is 0. The van der Waals surface area contributed by atoms with Crippen LogP contribution in [0.3, 0.4) is 0 Å². The summed E-state index contributed by atoms with van der Waals surface area (Å²) in [4.78, 5) is 0. The van der Waals surface area contributed by atoms with E-state index in [-0.39, 0.29) is 0 Å². The average Bonchev–Trinajstić information content (AvgIpc) is 2.52. The lowest BCUT2D eigenvalue weighted by molar-refractivity contribution is 0.106. The van der Waals surface area contributed by atoms with Crippen molar-refractivity contribution in [1.82, 2.24) is 5.32 Å². The third kappa shape index (κ3) is 4.50. The highest BCUT2D eigenvalue weighted by Crippen LogP contribution is 2.21. The molecule has 1 N–H and O–H groups in total. The molecule has 1 aromatic rings. The van der Waals surface area contributed by atoms with E-state index in [0.717, 1.165) is 37.3 Å². The van der Waals surface area contributed by atoms with E-state index in [0.29, 0.717) is 12.6 Å². The first-order valence-corrected chi connectivity index (χ1v) is 7.80. The van der Waals surface area contributed by atoms with Gasteiger partial charge in [0.2, 0.25) is 0 Å². The molecule has 3 nitrogen and oxygen atoms in total. The Kier molecular flexibility index (Phi) is 6.34. The molecule has 1 aliphatic rings. The van der Waals surface area contributed by atoms with Crippen molar-refractivity contribution in [2.75, 3.05) is 20.3 Å². The molecule has 112 valence electrons. The summed E-state index contributed by atoms with van der Waals surface area (Å²) < 4.78 is 11.2. The molecule has 0 amide bonds. The fourth-order valence-electron chi connectivity index (χ4n) is 2.74. The zero-order valence-corrected chi connectivity index (χ0v) is 12.8. The summed E-state index contributed by atoms with van der Waals surface area (Å²) in [6, 6.07) is 7.00. The second-order valence-electron chi connectivity index (χ2n) is 5.49. The quantitative estimate of drug-likeness (QED) is 0.776. The van der Waals surface area contributed by atoms with Crippen molar-refractivity contribution in [3.8, 4) is 5.75 Å². The minimum atomic E-state index is 0.643. The maximum atomic E-state index is 5.84. The monoisotopic (exact) mass is 277 g/mol. The van der Waals surface area contributed by atoms with E-state index in [2.05, 4.69) is 24.4 Å². The van der Waals surface area contributed by atoms with Gasteiger partial charge >= 0.3 is 0 Å². The van der Waals surface area contributed by atoms with Crippen LogP contribution < -0.4 is 10.1 Å². The first-order valence-electron chi connectivity index (χ1n) is 7.80. The standard InChI is InChI=1S/C17H27NO2/c1-3-14-7-8-17(19-2)15(12-14)13-20-11-9-16-6-4-5-10-18-16/h7-8,12,16,18H,3-6,9-11,13H2,1-2H3. The van der Waals surface area contributed by atoms with Crippen LogP contribution in [0.5, 0.6) is 5.75 Å². The topological polar surface area (TPSA) is 30.5 Å². The Morgan fingerprint density at radius 1 is 1.30 bits per heavy atom. The molecular weight excluding hydrogens is 250 g/mol. The Bertz CT molecular complexity index is 400. The van der Waals surface area contributed by atoms with Gasteiger partial charge in [0, 0.05) is 18.2 Å². The molecular formula is C17H27NO2. The summed E-state index contributed by atoms with van der Waals surface area (Å²) in [6.45, 7) is 4.79. The Morgan fingerprint density at radius 2 is 2.20 bits per heavy atom. The molecule has 0 bridgehead atoms. The number of methoxy groups -OCH3 is 1. The Balaban J connectivity index is 1.77. The minimum absolute atomic E-state index is 0.643. The van der Waals surface area contributed by atoms with E-state index >= 15 is 0 Å². The van der Waals surface area contributed by atoms with Crippen molar-refractivity contribution in [3.05, 3.63) is 29.3 Å². The number of piperidine rings is 1. The molecule has 1 aliphatic heterocycles. The Labute approximate surface area is 122 Å². The van der Waals surface area contributed by atoms with Gasteiger partial charge in [-0.2, -0.15) is 0 Å². The zero-order valence-electron chi connectivity index (χ0n) is 12.8. The summed E-state index contributed by atoms with van der Waals surface area (Å²) in [5.74, 6) is 0.929. The van der Waals surface area contributed by atoms with Gasteiger partial charge in [0.1, 0.15) is 5.75 Å². The van der Waals surface area contributed by atoms with E-state index in [9.17, 15) is 0 Å². The lowest BCUT2D eigenvalue weighted by Gasteiger charge is -2.23. The predicted octanol–water partition coefficient (Wildman–Crippen LogP) is 3.31. The molecule has 0 aromatic heterocycles. The largest absolute Gasteiger partial charge is 0.496 e. The van der Waals surface area contributed by atoms with Crippen LogP contribution in [-0.2, 0) is 17.8 Å². The van der Waals surface area contributed by atoms with Crippen LogP contribution in [0.15, 0.2) is 18.2 Å². The van der Waals surface area contributed by atoms with Crippen molar-refractivity contribution >= 4 is 0 Å². The predicted molar refractivity (Wildman–Crippen MR) is 82.3 cm³/mol. The van der Waals surface area contributed by atoms with E-state index in [4.69, 9.17) is 9.47 Å². The molecule has 1 fully saturated rings. The third-order valence-electron chi connectivity index (χ3n) is 4.03. The maximum Gasteiger partial charge on any atom is 0.124 e. The molecule has 0 radical (unpaired) electrons. The van der Waals surface area contributed by atoms with Gasteiger partial charge in [-0.3, -0.25) is 0 Å². The summed E-state index contributed by atoms with van der Waals surface area (Å²) in [6.07, 6.45) is 6.11. The van der Waals surface area contributed by atoms with Crippen molar-refractivity contribution < 1.29 is 9.47 Å². The van der Waals surface area contributed by atoms with Gasteiger partial charge in [-0.15, -0.1) is 0 Å². The van der Waals surface area contributed by atoms with Crippen LogP contribution >= 0.6 is 0 Å². The van der Waals surface area contributed by atoms with E-state index in [1.807, 2.05) is 6.07 Å². The van der Waals surface area contributed by atoms with E-state index in [1.165, 1.54) is 24.8 Å². The number of ether oxygens (including phenoxy) is 2. The highest BCUT2D eigenvalue weighted by Gasteiger charge is 2.12. The van der Waals surface area contributed by atoms with E-state index < -0.39 is 0 Å². The van der Waals surface area contributed by atoms with Crippen LogP contribution in [-0.4, -0.2) is 26.3 Å². The van der Waals surface area contributed by atoms with Crippen molar-refractivity contribution in [3.63, 3.8) is 0 Å². The third-order valence-corrected chi connectivity index (χ3v) is 4.03. The van der Waals surface area contributed by atoms with Gasteiger partial charge in [0.15, 0.2) is 0 Å². The number of nitrogens with one attached hydrogen (secondary N) is 1. The molecule has 1 heterocycles. The number of benzene rings is 1. The molecule has 2 rings (SSSR count). The van der Waals surface area contributed by atoms with Gasteiger partial charge < -0.3 is 14.8 Å². The zero-order chi connectivity index (χ0) is 14.2. The van der Waals surface area contributed by atoms with Crippen LogP contribution in [0.1, 0.15) is 43.7 Å². The molecule has 3 heteroatoms. The first-order chi connectivity index (χ1) is 9.83. The molecule has 1 atom stereocenters. The lowest BCUT2D eigenvalue weighted by atomic mass is 10.0. The van der Waals surface area contributed by atoms with Crippen LogP contribution in [0, 0.1) is 0 Å². The van der Waals surface area contributed by atoms with Crippen molar-refractivity contribution in [2.24, 2.45) is 0 Å². The average molecular weight is 277 g/mol. The molecule has 20 heavy (non-hydrogen) atoms. The lowest BCUT2D eigenvalue weighted by Crippen LogP contribution is -2.34. The van der Waals surface area contributed by atoms with Gasteiger partial charge in [-0.1, -0.05) is 19.4 Å². The first kappa shape index (κ1) is 15.3. The van der Waals surface area contributed by atoms with Gasteiger partial charge in [-0.05, 0) is 49.9 Å². The smallest absolute Gasteiger partial charge is 0.124 e. The number of aryl methyl sites for hydroxylation is 1. The van der Waals surface area contributed by atoms with Crippen LogP contribution in [0.2, 0.25) is 0 Å². The molecule has 0 spiro atoms. The molecule has 0 saturated carbocycles. The summed E-state index contributed by atoms with van der Waals surface area (Å²) in [5, 5.41) is 3.55. The second kappa shape index (κ2) is 8.28. The molecule has 1 unspecified atom stereocenters. The number of hydrogen-bond acceptors (Lipinski definition) is 3. The van der Waals surface area contributed by atoms with Gasteiger partial charge in [0.25, 0.3) is 0 Å². The Morgan fingerprint density at radius 3 is 2.90 bits per heavy atom. The van der Waals surface area contributed by atoms with Crippen molar-refractivity contribution in [1.29, 1.82) is 0 Å². The molecule has 1 saturated heterocycles. The summed E-state index contributed by atoms with van der Waals surface area (Å²) in [7, 11) is 1.72. The highest BCUT2D eigenvalue weighted by atomic mass is 16.5. The molecule has 0 aliphatic carbocycles. The fourth-order valence-corrected chi connectivity index (χ4v) is 2.74. The fraction of sp³-hybridized carbons (Fsp3) is 0.647. The minimum Gasteiger partial charge on any atom is -0.496 e. The van der Waals surface area contributed by atoms with Crippen molar-refractivity contribution in [2.45, 2.75) is 51.7 Å². The molecule has 1 aromatic carbocycles. The van der Waals surface area contributed by atoms with E-state index in [1.54, 1.807) is 7.11 Å². The number of rotatable bonds is 7. The van der Waals surface area contributed by atoms with Gasteiger partial charge in [-0.25, -0.2) is 0 Å². The maximum absolute atomic E-state index is 5.84.